The van der Waals surface area contributed by atoms with Crippen LogP contribution in [0.5, 0.6) is 0 Å². The topological polar surface area (TPSA) is 97.0 Å². The van der Waals surface area contributed by atoms with E-state index in [1.807, 2.05) is 0 Å². The van der Waals surface area contributed by atoms with Gasteiger partial charge in [0.1, 0.15) is 6.54 Å². The first kappa shape index (κ1) is 16.1. The Kier molecular flexibility index (Phi) is 6.61. The van der Waals surface area contributed by atoms with Crippen molar-refractivity contribution < 1.29 is 23.9 Å². The SMILES string of the molecule is CCOC(=O)N1CCC(NC(=O)CNC(=O)OC)CC1. The Morgan fingerprint density at radius 2 is 1.90 bits per heavy atom. The summed E-state index contributed by atoms with van der Waals surface area (Å²) >= 11 is 0. The molecule has 1 aliphatic rings. The van der Waals surface area contributed by atoms with E-state index in [2.05, 4.69) is 15.4 Å². The van der Waals surface area contributed by atoms with Crippen LogP contribution < -0.4 is 10.6 Å². The molecular formula is C12H21N3O5. The number of methoxy groups -OCH3 is 1. The number of nitrogens with one attached hydrogen (secondary N) is 2. The summed E-state index contributed by atoms with van der Waals surface area (Å²) in [6, 6.07) is 0.00706. The molecule has 0 spiro atoms. The summed E-state index contributed by atoms with van der Waals surface area (Å²) < 4.78 is 9.28. The van der Waals surface area contributed by atoms with Gasteiger partial charge in [0, 0.05) is 19.1 Å². The zero-order valence-electron chi connectivity index (χ0n) is 11.8. The van der Waals surface area contributed by atoms with Crippen LogP contribution in [0.3, 0.4) is 0 Å². The Morgan fingerprint density at radius 3 is 2.45 bits per heavy atom. The Balaban J connectivity index is 2.23. The Bertz CT molecular complexity index is 353. The smallest absolute Gasteiger partial charge is 0.409 e. The minimum absolute atomic E-state index is 0.00706. The zero-order chi connectivity index (χ0) is 15.0. The first-order valence-electron chi connectivity index (χ1n) is 6.59. The lowest BCUT2D eigenvalue weighted by atomic mass is 10.1. The van der Waals surface area contributed by atoms with E-state index in [1.165, 1.54) is 7.11 Å². The van der Waals surface area contributed by atoms with Crippen LogP contribution in [0.15, 0.2) is 0 Å². The fraction of sp³-hybridized carbons (Fsp3) is 0.750. The molecule has 114 valence electrons. The number of nitrogens with zero attached hydrogens (tertiary/aromatic N) is 1. The number of carbonyl (C=O) groups is 3. The van der Waals surface area contributed by atoms with E-state index in [1.54, 1.807) is 11.8 Å². The van der Waals surface area contributed by atoms with Crippen LogP contribution in [0.25, 0.3) is 0 Å². The van der Waals surface area contributed by atoms with Crippen molar-refractivity contribution in [3.8, 4) is 0 Å². The number of piperidine rings is 1. The van der Waals surface area contributed by atoms with Crippen LogP contribution in [0.1, 0.15) is 19.8 Å². The molecule has 1 heterocycles. The summed E-state index contributed by atoms with van der Waals surface area (Å²) in [5, 5.41) is 5.11. The number of hydrogen-bond acceptors (Lipinski definition) is 5. The van der Waals surface area contributed by atoms with E-state index in [0.717, 1.165) is 0 Å². The lowest BCUT2D eigenvalue weighted by Gasteiger charge is -2.31. The zero-order valence-corrected chi connectivity index (χ0v) is 11.8. The fourth-order valence-corrected chi connectivity index (χ4v) is 1.92. The molecule has 0 atom stereocenters. The summed E-state index contributed by atoms with van der Waals surface area (Å²) in [5.74, 6) is -0.273. The van der Waals surface area contributed by atoms with E-state index in [9.17, 15) is 14.4 Å². The predicted molar refractivity (Wildman–Crippen MR) is 70.2 cm³/mol. The van der Waals surface area contributed by atoms with Crippen LogP contribution in [0.2, 0.25) is 0 Å². The number of alkyl carbamates (subject to hydrolysis) is 1. The summed E-state index contributed by atoms with van der Waals surface area (Å²) in [4.78, 5) is 35.5. The highest BCUT2D eigenvalue weighted by Gasteiger charge is 2.24. The predicted octanol–water partition coefficient (Wildman–Crippen LogP) is 0.0795. The van der Waals surface area contributed by atoms with Gasteiger partial charge in [-0.05, 0) is 19.8 Å². The van der Waals surface area contributed by atoms with Gasteiger partial charge in [0.15, 0.2) is 0 Å². The maximum atomic E-state index is 11.6. The molecule has 8 heteroatoms. The molecule has 1 rings (SSSR count). The summed E-state index contributed by atoms with van der Waals surface area (Å²) in [5.41, 5.74) is 0. The molecule has 2 N–H and O–H groups in total. The highest BCUT2D eigenvalue weighted by Crippen LogP contribution is 2.11. The molecular weight excluding hydrogens is 266 g/mol. The van der Waals surface area contributed by atoms with Crippen LogP contribution in [-0.2, 0) is 14.3 Å². The number of likely N-dealkylation sites (tertiary alicyclic amines) is 1. The lowest BCUT2D eigenvalue weighted by Crippen LogP contribution is -2.48. The molecule has 0 radical (unpaired) electrons. The van der Waals surface area contributed by atoms with E-state index >= 15 is 0 Å². The number of carbonyl (C=O) groups excluding carboxylic acids is 3. The van der Waals surface area contributed by atoms with Gasteiger partial charge in [-0.15, -0.1) is 0 Å². The maximum absolute atomic E-state index is 11.6. The molecule has 1 aliphatic heterocycles. The first-order chi connectivity index (χ1) is 9.56. The van der Waals surface area contributed by atoms with E-state index in [4.69, 9.17) is 4.74 Å². The van der Waals surface area contributed by atoms with Crippen LogP contribution in [-0.4, -0.2) is 62.4 Å². The number of amides is 3. The third-order valence-corrected chi connectivity index (χ3v) is 2.96. The van der Waals surface area contributed by atoms with Gasteiger partial charge in [-0.25, -0.2) is 9.59 Å². The highest BCUT2D eigenvalue weighted by atomic mass is 16.6. The van der Waals surface area contributed by atoms with Crippen molar-refractivity contribution >= 4 is 18.1 Å². The van der Waals surface area contributed by atoms with E-state index in [-0.39, 0.29) is 24.6 Å². The van der Waals surface area contributed by atoms with Crippen molar-refractivity contribution in [3.05, 3.63) is 0 Å². The highest BCUT2D eigenvalue weighted by molar-refractivity contribution is 5.82. The second-order valence-electron chi connectivity index (χ2n) is 4.37. The second kappa shape index (κ2) is 8.23. The van der Waals surface area contributed by atoms with Gasteiger partial charge in [0.05, 0.1) is 13.7 Å². The largest absolute Gasteiger partial charge is 0.453 e. The lowest BCUT2D eigenvalue weighted by molar-refractivity contribution is -0.121. The van der Waals surface area contributed by atoms with Gasteiger partial charge in [-0.1, -0.05) is 0 Å². The van der Waals surface area contributed by atoms with Gasteiger partial charge in [0.2, 0.25) is 5.91 Å². The summed E-state index contributed by atoms with van der Waals surface area (Å²) in [6.45, 7) is 3.10. The minimum atomic E-state index is -0.641. The molecule has 0 aromatic carbocycles. The Hall–Kier alpha value is -1.99. The molecule has 1 fully saturated rings. The minimum Gasteiger partial charge on any atom is -0.453 e. The molecule has 0 aromatic heterocycles. The van der Waals surface area contributed by atoms with E-state index in [0.29, 0.717) is 32.5 Å². The van der Waals surface area contributed by atoms with Crippen LogP contribution in [0.4, 0.5) is 9.59 Å². The van der Waals surface area contributed by atoms with Crippen molar-refractivity contribution in [2.24, 2.45) is 0 Å². The number of hydrogen-bond donors (Lipinski definition) is 2. The number of ether oxygens (including phenoxy) is 2. The Morgan fingerprint density at radius 1 is 1.25 bits per heavy atom. The molecule has 8 nitrogen and oxygen atoms in total. The van der Waals surface area contributed by atoms with Crippen molar-refractivity contribution in [1.82, 2.24) is 15.5 Å². The molecule has 1 saturated heterocycles. The van der Waals surface area contributed by atoms with Gasteiger partial charge < -0.3 is 25.0 Å². The van der Waals surface area contributed by atoms with Gasteiger partial charge in [-0.2, -0.15) is 0 Å². The quantitative estimate of drug-likeness (QED) is 0.763. The van der Waals surface area contributed by atoms with Gasteiger partial charge >= 0.3 is 12.2 Å². The average Bonchev–Trinajstić information content (AvgIpc) is 2.45. The van der Waals surface area contributed by atoms with Crippen molar-refractivity contribution in [1.29, 1.82) is 0 Å². The molecule has 20 heavy (non-hydrogen) atoms. The first-order valence-corrected chi connectivity index (χ1v) is 6.59. The second-order valence-corrected chi connectivity index (χ2v) is 4.37. The third kappa shape index (κ3) is 5.33. The fourth-order valence-electron chi connectivity index (χ4n) is 1.92. The Labute approximate surface area is 117 Å². The average molecular weight is 287 g/mol. The molecule has 0 bridgehead atoms. The maximum Gasteiger partial charge on any atom is 0.409 e. The molecule has 0 aromatic rings. The summed E-state index contributed by atoms with van der Waals surface area (Å²) in [7, 11) is 1.23. The molecule has 0 aliphatic carbocycles. The molecule has 0 saturated carbocycles. The normalized spacial score (nSPS) is 15.4. The van der Waals surface area contributed by atoms with Gasteiger partial charge in [-0.3, -0.25) is 4.79 Å². The van der Waals surface area contributed by atoms with Crippen LogP contribution >= 0.6 is 0 Å². The van der Waals surface area contributed by atoms with Crippen molar-refractivity contribution in [3.63, 3.8) is 0 Å². The van der Waals surface area contributed by atoms with Crippen LogP contribution in [0, 0.1) is 0 Å². The van der Waals surface area contributed by atoms with Crippen molar-refractivity contribution in [2.75, 3.05) is 33.4 Å². The monoisotopic (exact) mass is 287 g/mol. The standard InChI is InChI=1S/C12H21N3O5/c1-3-20-12(18)15-6-4-9(5-7-15)14-10(16)8-13-11(17)19-2/h9H,3-8H2,1-2H3,(H,13,17)(H,14,16). The van der Waals surface area contributed by atoms with E-state index < -0.39 is 6.09 Å². The molecule has 3 amide bonds. The molecule has 0 unspecified atom stereocenters. The number of rotatable bonds is 4. The van der Waals surface area contributed by atoms with Gasteiger partial charge in [0.25, 0.3) is 0 Å². The third-order valence-electron chi connectivity index (χ3n) is 2.96. The van der Waals surface area contributed by atoms with Crippen molar-refractivity contribution in [2.45, 2.75) is 25.8 Å². The summed E-state index contributed by atoms with van der Waals surface area (Å²) in [6.07, 6.45) is 0.382.